The molecule has 1 aliphatic heterocycles. The van der Waals surface area contributed by atoms with E-state index in [2.05, 4.69) is 6.92 Å². The van der Waals surface area contributed by atoms with Crippen molar-refractivity contribution in [3.8, 4) is 0 Å². The van der Waals surface area contributed by atoms with Crippen LogP contribution in [0.4, 0.5) is 0 Å². The van der Waals surface area contributed by atoms with E-state index in [0.717, 1.165) is 19.3 Å². The van der Waals surface area contributed by atoms with Gasteiger partial charge in [0.2, 0.25) is 0 Å². The largest absolute Gasteiger partial charge is 0.466 e. The fraction of sp³-hybridized carbons (Fsp3) is 0.944. The van der Waals surface area contributed by atoms with E-state index in [9.17, 15) is 4.79 Å². The third-order valence-electron chi connectivity index (χ3n) is 4.18. The van der Waals surface area contributed by atoms with Crippen LogP contribution in [0.25, 0.3) is 0 Å². The first-order chi connectivity index (χ1) is 10.3. The second-order valence-corrected chi connectivity index (χ2v) is 6.21. The zero-order chi connectivity index (χ0) is 15.3. The molecule has 0 radical (unpaired) electrons. The molecule has 0 saturated carbocycles. The standard InChI is InChI=1S/C18H34O3/c1-3-15-20-18(19)14-12-10-8-6-5-7-9-11-13-17-16(4-2)21-17/h16-17H,3-15H2,1-2H3. The van der Waals surface area contributed by atoms with E-state index < -0.39 is 0 Å². The molecule has 3 nitrogen and oxygen atoms in total. The van der Waals surface area contributed by atoms with Crippen molar-refractivity contribution in [1.29, 1.82) is 0 Å². The predicted molar refractivity (Wildman–Crippen MR) is 86.4 cm³/mol. The highest BCUT2D eigenvalue weighted by Gasteiger charge is 2.35. The third kappa shape index (κ3) is 9.89. The van der Waals surface area contributed by atoms with Crippen LogP contribution in [-0.2, 0) is 14.3 Å². The van der Waals surface area contributed by atoms with Gasteiger partial charge in [-0.2, -0.15) is 0 Å². The number of hydrogen-bond acceptors (Lipinski definition) is 3. The molecule has 0 spiro atoms. The van der Waals surface area contributed by atoms with Crippen molar-refractivity contribution in [2.45, 2.75) is 103 Å². The van der Waals surface area contributed by atoms with Gasteiger partial charge in [0.25, 0.3) is 0 Å². The molecule has 21 heavy (non-hydrogen) atoms. The van der Waals surface area contributed by atoms with Gasteiger partial charge in [-0.15, -0.1) is 0 Å². The molecule has 2 unspecified atom stereocenters. The summed E-state index contributed by atoms with van der Waals surface area (Å²) in [6.07, 6.45) is 15.2. The van der Waals surface area contributed by atoms with Crippen molar-refractivity contribution >= 4 is 5.97 Å². The number of unbranched alkanes of at least 4 members (excludes halogenated alkanes) is 7. The number of epoxide rings is 1. The van der Waals surface area contributed by atoms with E-state index in [4.69, 9.17) is 9.47 Å². The van der Waals surface area contributed by atoms with Crippen LogP contribution in [0.2, 0.25) is 0 Å². The first kappa shape index (κ1) is 18.5. The van der Waals surface area contributed by atoms with Crippen LogP contribution in [0.5, 0.6) is 0 Å². The van der Waals surface area contributed by atoms with Crippen LogP contribution in [-0.4, -0.2) is 24.8 Å². The summed E-state index contributed by atoms with van der Waals surface area (Å²) in [7, 11) is 0. The van der Waals surface area contributed by atoms with E-state index in [1.807, 2.05) is 6.92 Å². The summed E-state index contributed by atoms with van der Waals surface area (Å²) in [6.45, 7) is 4.80. The highest BCUT2D eigenvalue weighted by atomic mass is 16.6. The number of hydrogen-bond donors (Lipinski definition) is 0. The Balaban J connectivity index is 1.72. The van der Waals surface area contributed by atoms with Crippen molar-refractivity contribution < 1.29 is 14.3 Å². The van der Waals surface area contributed by atoms with Crippen LogP contribution in [0.1, 0.15) is 90.9 Å². The third-order valence-corrected chi connectivity index (χ3v) is 4.18. The smallest absolute Gasteiger partial charge is 0.305 e. The average Bonchev–Trinajstić information content (AvgIpc) is 3.25. The second-order valence-electron chi connectivity index (χ2n) is 6.21. The van der Waals surface area contributed by atoms with Crippen LogP contribution >= 0.6 is 0 Å². The molecule has 1 saturated heterocycles. The molecule has 1 rings (SSSR count). The maximum Gasteiger partial charge on any atom is 0.305 e. The summed E-state index contributed by atoms with van der Waals surface area (Å²) in [6, 6.07) is 0. The lowest BCUT2D eigenvalue weighted by Gasteiger charge is -2.03. The van der Waals surface area contributed by atoms with Gasteiger partial charge in [0.1, 0.15) is 0 Å². The van der Waals surface area contributed by atoms with Crippen LogP contribution in [0.3, 0.4) is 0 Å². The van der Waals surface area contributed by atoms with Gasteiger partial charge in [-0.3, -0.25) is 4.79 Å². The quantitative estimate of drug-likeness (QED) is 0.257. The minimum absolute atomic E-state index is 0.0236. The Hall–Kier alpha value is -0.570. The molecule has 1 aliphatic rings. The summed E-state index contributed by atoms with van der Waals surface area (Å²) < 4.78 is 10.6. The van der Waals surface area contributed by atoms with Crippen LogP contribution < -0.4 is 0 Å². The van der Waals surface area contributed by atoms with Gasteiger partial charge in [-0.05, 0) is 25.7 Å². The minimum atomic E-state index is -0.0236. The van der Waals surface area contributed by atoms with Crippen molar-refractivity contribution in [3.05, 3.63) is 0 Å². The molecular formula is C18H34O3. The highest BCUT2D eigenvalue weighted by molar-refractivity contribution is 5.69. The van der Waals surface area contributed by atoms with Crippen molar-refractivity contribution in [1.82, 2.24) is 0 Å². The fourth-order valence-corrected chi connectivity index (χ4v) is 2.76. The zero-order valence-corrected chi connectivity index (χ0v) is 14.1. The van der Waals surface area contributed by atoms with Crippen LogP contribution in [0.15, 0.2) is 0 Å². The molecule has 3 heteroatoms. The Labute approximate surface area is 130 Å². The van der Waals surface area contributed by atoms with E-state index in [-0.39, 0.29) is 5.97 Å². The van der Waals surface area contributed by atoms with Crippen molar-refractivity contribution in [3.63, 3.8) is 0 Å². The van der Waals surface area contributed by atoms with E-state index in [1.54, 1.807) is 0 Å². The molecule has 2 atom stereocenters. The van der Waals surface area contributed by atoms with E-state index >= 15 is 0 Å². The molecule has 0 bridgehead atoms. The SMILES string of the molecule is CCCOC(=O)CCCCCCCCCCC1OC1CC. The molecule has 1 fully saturated rings. The van der Waals surface area contributed by atoms with Gasteiger partial charge in [-0.25, -0.2) is 0 Å². The van der Waals surface area contributed by atoms with Gasteiger partial charge >= 0.3 is 5.97 Å². The number of rotatable bonds is 14. The highest BCUT2D eigenvalue weighted by Crippen LogP contribution is 2.29. The molecular weight excluding hydrogens is 264 g/mol. The van der Waals surface area contributed by atoms with Gasteiger partial charge in [0, 0.05) is 6.42 Å². The lowest BCUT2D eigenvalue weighted by Crippen LogP contribution is -2.04. The topological polar surface area (TPSA) is 38.8 Å². The van der Waals surface area contributed by atoms with Crippen LogP contribution in [0, 0.1) is 0 Å². The zero-order valence-electron chi connectivity index (χ0n) is 14.1. The first-order valence-electron chi connectivity index (χ1n) is 9.09. The summed E-state index contributed by atoms with van der Waals surface area (Å²) in [5, 5.41) is 0. The van der Waals surface area contributed by atoms with Gasteiger partial charge in [0.05, 0.1) is 18.8 Å². The van der Waals surface area contributed by atoms with Crippen molar-refractivity contribution in [2.24, 2.45) is 0 Å². The molecule has 0 aromatic carbocycles. The Morgan fingerprint density at radius 2 is 1.52 bits per heavy atom. The van der Waals surface area contributed by atoms with E-state index in [1.165, 1.54) is 51.4 Å². The van der Waals surface area contributed by atoms with Gasteiger partial charge in [-0.1, -0.05) is 58.8 Å². The normalized spacial score (nSPS) is 20.5. The Bertz CT molecular complexity index is 265. The first-order valence-corrected chi connectivity index (χ1v) is 9.09. The molecule has 0 aromatic heterocycles. The summed E-state index contributed by atoms with van der Waals surface area (Å²) in [5.74, 6) is -0.0236. The number of carbonyl (C=O) groups excluding carboxylic acids is 1. The van der Waals surface area contributed by atoms with Crippen molar-refractivity contribution in [2.75, 3.05) is 6.61 Å². The molecule has 0 aliphatic carbocycles. The summed E-state index contributed by atoms with van der Waals surface area (Å²) in [5.41, 5.74) is 0. The summed E-state index contributed by atoms with van der Waals surface area (Å²) >= 11 is 0. The lowest BCUT2D eigenvalue weighted by molar-refractivity contribution is -0.143. The maximum atomic E-state index is 11.3. The minimum Gasteiger partial charge on any atom is -0.466 e. The Kier molecular flexibility index (Phi) is 10.6. The number of esters is 1. The molecule has 124 valence electrons. The average molecular weight is 298 g/mol. The maximum absolute atomic E-state index is 11.3. The number of ether oxygens (including phenoxy) is 2. The monoisotopic (exact) mass is 298 g/mol. The molecule has 1 heterocycles. The molecule has 0 N–H and O–H groups in total. The fourth-order valence-electron chi connectivity index (χ4n) is 2.76. The molecule has 0 aromatic rings. The van der Waals surface area contributed by atoms with E-state index in [0.29, 0.717) is 25.2 Å². The summed E-state index contributed by atoms with van der Waals surface area (Å²) in [4.78, 5) is 11.3. The number of carbonyl (C=O) groups is 1. The Morgan fingerprint density at radius 3 is 2.10 bits per heavy atom. The predicted octanol–water partition coefficient (Wildman–Crippen LogP) is 5.02. The van der Waals surface area contributed by atoms with Gasteiger partial charge < -0.3 is 9.47 Å². The second kappa shape index (κ2) is 12.0. The Morgan fingerprint density at radius 1 is 0.905 bits per heavy atom. The van der Waals surface area contributed by atoms with Gasteiger partial charge in [0.15, 0.2) is 0 Å². The molecule has 0 amide bonds. The lowest BCUT2D eigenvalue weighted by atomic mass is 10.0.